The molecular formula is C21H23NO3. The van der Waals surface area contributed by atoms with Gasteiger partial charge >= 0.3 is 0 Å². The molecule has 0 spiro atoms. The van der Waals surface area contributed by atoms with Crippen LogP contribution in [0.5, 0.6) is 5.75 Å². The molecule has 3 aromatic rings. The lowest BCUT2D eigenvalue weighted by Gasteiger charge is -2.24. The van der Waals surface area contributed by atoms with Crippen molar-refractivity contribution in [1.29, 1.82) is 0 Å². The molecule has 0 atom stereocenters. The van der Waals surface area contributed by atoms with Crippen molar-refractivity contribution < 1.29 is 13.9 Å². The molecule has 2 aromatic carbocycles. The van der Waals surface area contributed by atoms with Crippen molar-refractivity contribution in [2.75, 3.05) is 0 Å². The number of carbonyl (C=O) groups excluding carboxylic acids is 1. The van der Waals surface area contributed by atoms with Crippen LogP contribution in [-0.2, 0) is 6.61 Å². The first-order valence-corrected chi connectivity index (χ1v) is 8.51. The predicted octanol–water partition coefficient (Wildman–Crippen LogP) is 4.93. The zero-order valence-corrected chi connectivity index (χ0v) is 14.8. The summed E-state index contributed by atoms with van der Waals surface area (Å²) in [5.74, 6) is 0.862. The monoisotopic (exact) mass is 337 g/mol. The fourth-order valence-corrected chi connectivity index (χ4v) is 2.55. The van der Waals surface area contributed by atoms with E-state index in [1.54, 1.807) is 0 Å². The van der Waals surface area contributed by atoms with Crippen LogP contribution in [-0.4, -0.2) is 11.4 Å². The van der Waals surface area contributed by atoms with E-state index < -0.39 is 0 Å². The number of para-hydroxylation sites is 2. The highest BCUT2D eigenvalue weighted by Gasteiger charge is 2.25. The maximum atomic E-state index is 12.8. The van der Waals surface area contributed by atoms with Gasteiger partial charge in [-0.3, -0.25) is 4.79 Å². The molecule has 130 valence electrons. The SMILES string of the molecule is CCC(C)(C)NC(=O)c1oc2ccccc2c1COc1ccccc1. The van der Waals surface area contributed by atoms with E-state index in [9.17, 15) is 4.79 Å². The van der Waals surface area contributed by atoms with E-state index in [4.69, 9.17) is 9.15 Å². The highest BCUT2D eigenvalue weighted by molar-refractivity contribution is 5.99. The summed E-state index contributed by atoms with van der Waals surface area (Å²) in [5.41, 5.74) is 1.16. The Balaban J connectivity index is 1.93. The molecule has 0 radical (unpaired) electrons. The molecule has 1 N–H and O–H groups in total. The minimum absolute atomic E-state index is 0.213. The molecule has 1 aromatic heterocycles. The van der Waals surface area contributed by atoms with E-state index in [0.717, 1.165) is 23.1 Å². The molecule has 0 unspecified atom stereocenters. The number of amides is 1. The number of fused-ring (bicyclic) bond motifs is 1. The Labute approximate surface area is 147 Å². The third-order valence-corrected chi connectivity index (χ3v) is 4.37. The van der Waals surface area contributed by atoms with Crippen LogP contribution in [0.15, 0.2) is 59.0 Å². The average molecular weight is 337 g/mol. The van der Waals surface area contributed by atoms with Gasteiger partial charge in [-0.15, -0.1) is 0 Å². The van der Waals surface area contributed by atoms with Crippen LogP contribution in [0.4, 0.5) is 0 Å². The van der Waals surface area contributed by atoms with Gasteiger partial charge in [0.25, 0.3) is 5.91 Å². The van der Waals surface area contributed by atoms with Crippen LogP contribution in [0.1, 0.15) is 43.3 Å². The molecule has 0 fully saturated rings. The fourth-order valence-electron chi connectivity index (χ4n) is 2.55. The third kappa shape index (κ3) is 3.85. The van der Waals surface area contributed by atoms with Crippen LogP contribution in [0.3, 0.4) is 0 Å². The molecule has 0 bridgehead atoms. The van der Waals surface area contributed by atoms with E-state index in [1.807, 2.05) is 75.4 Å². The van der Waals surface area contributed by atoms with Gasteiger partial charge in [-0.25, -0.2) is 0 Å². The fraction of sp³-hybridized carbons (Fsp3) is 0.286. The van der Waals surface area contributed by atoms with Gasteiger partial charge in [0, 0.05) is 16.5 Å². The van der Waals surface area contributed by atoms with Gasteiger partial charge < -0.3 is 14.5 Å². The summed E-state index contributed by atoms with van der Waals surface area (Å²) in [5, 5.41) is 3.93. The predicted molar refractivity (Wildman–Crippen MR) is 98.8 cm³/mol. The normalized spacial score (nSPS) is 11.5. The van der Waals surface area contributed by atoms with Gasteiger partial charge in [-0.1, -0.05) is 43.3 Å². The van der Waals surface area contributed by atoms with Crippen molar-refractivity contribution in [3.8, 4) is 5.75 Å². The minimum Gasteiger partial charge on any atom is -0.489 e. The molecule has 4 nitrogen and oxygen atoms in total. The van der Waals surface area contributed by atoms with Crippen molar-refractivity contribution in [2.24, 2.45) is 0 Å². The number of hydrogen-bond acceptors (Lipinski definition) is 3. The van der Waals surface area contributed by atoms with Crippen LogP contribution in [0.2, 0.25) is 0 Å². The molecule has 1 amide bonds. The largest absolute Gasteiger partial charge is 0.489 e. The zero-order chi connectivity index (χ0) is 17.9. The number of benzene rings is 2. The number of rotatable bonds is 6. The number of hydrogen-bond donors (Lipinski definition) is 1. The number of carbonyl (C=O) groups is 1. The van der Waals surface area contributed by atoms with E-state index >= 15 is 0 Å². The van der Waals surface area contributed by atoms with Gasteiger partial charge in [0.1, 0.15) is 17.9 Å². The first-order valence-electron chi connectivity index (χ1n) is 8.51. The van der Waals surface area contributed by atoms with Crippen LogP contribution >= 0.6 is 0 Å². The second-order valence-corrected chi connectivity index (χ2v) is 6.70. The molecule has 3 rings (SSSR count). The highest BCUT2D eigenvalue weighted by atomic mass is 16.5. The first kappa shape index (κ1) is 17.1. The van der Waals surface area contributed by atoms with E-state index in [0.29, 0.717) is 11.3 Å². The smallest absolute Gasteiger partial charge is 0.287 e. The Kier molecular flexibility index (Phi) is 4.79. The van der Waals surface area contributed by atoms with Gasteiger partial charge in [0.05, 0.1) is 0 Å². The summed E-state index contributed by atoms with van der Waals surface area (Å²) in [7, 11) is 0. The van der Waals surface area contributed by atoms with E-state index in [1.165, 1.54) is 0 Å². The molecular weight excluding hydrogens is 314 g/mol. The Morgan fingerprint density at radius 3 is 2.48 bits per heavy atom. The molecule has 0 aliphatic heterocycles. The van der Waals surface area contributed by atoms with Crippen molar-refractivity contribution in [2.45, 2.75) is 39.3 Å². The summed E-state index contributed by atoms with van der Waals surface area (Å²) in [6.45, 7) is 6.30. The molecule has 25 heavy (non-hydrogen) atoms. The van der Waals surface area contributed by atoms with Crippen molar-refractivity contribution >= 4 is 16.9 Å². The molecule has 1 heterocycles. The zero-order valence-electron chi connectivity index (χ0n) is 14.8. The van der Waals surface area contributed by atoms with E-state index in [-0.39, 0.29) is 18.1 Å². The third-order valence-electron chi connectivity index (χ3n) is 4.37. The number of ether oxygens (including phenoxy) is 1. The van der Waals surface area contributed by atoms with Crippen LogP contribution in [0.25, 0.3) is 11.0 Å². The second kappa shape index (κ2) is 7.01. The van der Waals surface area contributed by atoms with Crippen LogP contribution < -0.4 is 10.1 Å². The Bertz CT molecular complexity index is 865. The summed E-state index contributed by atoms with van der Waals surface area (Å²) in [6.07, 6.45) is 0.828. The molecule has 4 heteroatoms. The summed E-state index contributed by atoms with van der Waals surface area (Å²) >= 11 is 0. The van der Waals surface area contributed by atoms with Crippen LogP contribution in [0, 0.1) is 0 Å². The summed E-state index contributed by atoms with van der Waals surface area (Å²) in [6, 6.07) is 17.2. The van der Waals surface area contributed by atoms with Gasteiger partial charge in [0.15, 0.2) is 5.76 Å². The lowest BCUT2D eigenvalue weighted by molar-refractivity contribution is 0.0881. The lowest BCUT2D eigenvalue weighted by Crippen LogP contribution is -2.42. The Morgan fingerprint density at radius 2 is 1.76 bits per heavy atom. The first-order chi connectivity index (χ1) is 12.0. The van der Waals surface area contributed by atoms with Crippen molar-refractivity contribution in [1.82, 2.24) is 5.32 Å². The van der Waals surface area contributed by atoms with Crippen molar-refractivity contribution in [3.63, 3.8) is 0 Å². The molecule has 0 saturated heterocycles. The van der Waals surface area contributed by atoms with Crippen molar-refractivity contribution in [3.05, 3.63) is 65.9 Å². The average Bonchev–Trinajstić information content (AvgIpc) is 2.99. The van der Waals surface area contributed by atoms with Gasteiger partial charge in [-0.05, 0) is 38.5 Å². The lowest BCUT2D eigenvalue weighted by atomic mass is 10.0. The number of furan rings is 1. The second-order valence-electron chi connectivity index (χ2n) is 6.70. The molecule has 0 aliphatic rings. The molecule has 0 saturated carbocycles. The maximum absolute atomic E-state index is 12.8. The quantitative estimate of drug-likeness (QED) is 0.694. The highest BCUT2D eigenvalue weighted by Crippen LogP contribution is 2.28. The van der Waals surface area contributed by atoms with E-state index in [2.05, 4.69) is 5.32 Å². The van der Waals surface area contributed by atoms with Gasteiger partial charge in [0.2, 0.25) is 0 Å². The van der Waals surface area contributed by atoms with Gasteiger partial charge in [-0.2, -0.15) is 0 Å². The minimum atomic E-state index is -0.298. The number of nitrogens with one attached hydrogen (secondary N) is 1. The summed E-state index contributed by atoms with van der Waals surface area (Å²) in [4.78, 5) is 12.8. The molecule has 0 aliphatic carbocycles. The topological polar surface area (TPSA) is 51.5 Å². The summed E-state index contributed by atoms with van der Waals surface area (Å²) < 4.78 is 11.7. The Morgan fingerprint density at radius 1 is 1.08 bits per heavy atom. The standard InChI is InChI=1S/C21H23NO3/c1-4-21(2,3)22-20(23)19-17(14-24-15-10-6-5-7-11-15)16-12-8-9-13-18(16)25-19/h5-13H,4,14H2,1-3H3,(H,22,23). The Hall–Kier alpha value is -2.75. The maximum Gasteiger partial charge on any atom is 0.287 e.